The molecule has 17 heavy (non-hydrogen) atoms. The van der Waals surface area contributed by atoms with Gasteiger partial charge in [-0.1, -0.05) is 19.1 Å². The maximum Gasteiger partial charge on any atom is 0.229 e. The number of nitrogens with zero attached hydrogens (tertiary/aromatic N) is 1. The fraction of sp³-hybridized carbons (Fsp3) is 0.818. The van der Waals surface area contributed by atoms with E-state index in [1.54, 1.807) is 7.11 Å². The van der Waals surface area contributed by atoms with E-state index in [9.17, 15) is 4.79 Å². The second kappa shape index (κ2) is 9.32. The predicted octanol–water partition coefficient (Wildman–Crippen LogP) is -0.00690. The summed E-state index contributed by atoms with van der Waals surface area (Å²) in [5, 5.41) is 2.83. The molecule has 6 heteroatoms. The summed E-state index contributed by atoms with van der Waals surface area (Å²) in [6, 6.07) is 0. The first-order valence-electron chi connectivity index (χ1n) is 5.77. The Morgan fingerprint density at radius 3 is 2.65 bits per heavy atom. The van der Waals surface area contributed by atoms with Gasteiger partial charge < -0.3 is 20.7 Å². The molecule has 0 saturated heterocycles. The van der Waals surface area contributed by atoms with E-state index in [1.165, 1.54) is 0 Å². The first-order valence-corrected chi connectivity index (χ1v) is 6.18. The zero-order valence-electron chi connectivity index (χ0n) is 10.9. The highest BCUT2D eigenvalue weighted by molar-refractivity contribution is 7.80. The van der Waals surface area contributed by atoms with Crippen molar-refractivity contribution in [3.8, 4) is 0 Å². The Morgan fingerprint density at radius 2 is 2.18 bits per heavy atom. The molecule has 0 fully saturated rings. The quantitative estimate of drug-likeness (QED) is 0.572. The number of hydrogen-bond acceptors (Lipinski definition) is 4. The third-order valence-corrected chi connectivity index (χ3v) is 2.82. The van der Waals surface area contributed by atoms with Crippen LogP contribution in [-0.4, -0.2) is 56.2 Å². The lowest BCUT2D eigenvalue weighted by Gasteiger charge is -2.18. The molecule has 0 saturated carbocycles. The summed E-state index contributed by atoms with van der Waals surface area (Å²) in [6.07, 6.45) is 0.640. The highest BCUT2D eigenvalue weighted by atomic mass is 32.1. The summed E-state index contributed by atoms with van der Waals surface area (Å²) in [5.74, 6) is -0.436. The van der Waals surface area contributed by atoms with Gasteiger partial charge in [-0.2, -0.15) is 0 Å². The molecule has 0 aromatic carbocycles. The maximum atomic E-state index is 11.7. The Hall–Kier alpha value is -0.720. The maximum absolute atomic E-state index is 11.7. The molecule has 3 N–H and O–H groups in total. The number of thiocarbonyl (C=S) groups is 1. The van der Waals surface area contributed by atoms with Crippen LogP contribution in [0.3, 0.4) is 0 Å². The average molecular weight is 261 g/mol. The van der Waals surface area contributed by atoms with Gasteiger partial charge in [-0.3, -0.25) is 4.79 Å². The predicted molar refractivity (Wildman–Crippen MR) is 72.9 cm³/mol. The van der Waals surface area contributed by atoms with Crippen molar-refractivity contribution < 1.29 is 9.53 Å². The normalized spacial score (nSPS) is 12.5. The zero-order valence-corrected chi connectivity index (χ0v) is 11.7. The Morgan fingerprint density at radius 1 is 1.53 bits per heavy atom. The van der Waals surface area contributed by atoms with Crippen LogP contribution in [-0.2, 0) is 9.53 Å². The van der Waals surface area contributed by atoms with Crippen LogP contribution in [0.25, 0.3) is 0 Å². The van der Waals surface area contributed by atoms with Gasteiger partial charge in [-0.05, 0) is 13.5 Å². The molecule has 0 radical (unpaired) electrons. The second-order valence-electron chi connectivity index (χ2n) is 3.95. The monoisotopic (exact) mass is 261 g/mol. The van der Waals surface area contributed by atoms with Crippen LogP contribution >= 0.6 is 12.2 Å². The Bertz CT molecular complexity index is 249. The minimum Gasteiger partial charge on any atom is -0.393 e. The fourth-order valence-electron chi connectivity index (χ4n) is 1.37. The van der Waals surface area contributed by atoms with E-state index in [0.29, 0.717) is 19.6 Å². The van der Waals surface area contributed by atoms with Crippen molar-refractivity contribution in [2.45, 2.75) is 13.3 Å². The van der Waals surface area contributed by atoms with Crippen molar-refractivity contribution in [1.82, 2.24) is 10.2 Å². The van der Waals surface area contributed by atoms with Crippen molar-refractivity contribution in [2.75, 3.05) is 40.4 Å². The molecule has 0 bridgehead atoms. The van der Waals surface area contributed by atoms with E-state index < -0.39 is 0 Å². The molecule has 0 aliphatic carbocycles. The number of carbonyl (C=O) groups excluding carboxylic acids is 1. The molecule has 0 aliphatic rings. The molecule has 5 nitrogen and oxygen atoms in total. The van der Waals surface area contributed by atoms with Crippen LogP contribution < -0.4 is 11.1 Å². The lowest BCUT2D eigenvalue weighted by molar-refractivity contribution is -0.123. The van der Waals surface area contributed by atoms with Crippen LogP contribution in [0.1, 0.15) is 13.3 Å². The fourth-order valence-corrected chi connectivity index (χ4v) is 1.64. The molecule has 0 aromatic rings. The lowest BCUT2D eigenvalue weighted by atomic mass is 10.1. The number of methoxy groups -OCH3 is 1. The van der Waals surface area contributed by atoms with Crippen LogP contribution in [0.2, 0.25) is 0 Å². The minimum absolute atomic E-state index is 0.0832. The van der Waals surface area contributed by atoms with Crippen LogP contribution in [0, 0.1) is 5.92 Å². The highest BCUT2D eigenvalue weighted by Gasteiger charge is 2.18. The van der Waals surface area contributed by atoms with E-state index in [2.05, 4.69) is 10.2 Å². The highest BCUT2D eigenvalue weighted by Crippen LogP contribution is 2.02. The molecule has 0 heterocycles. The van der Waals surface area contributed by atoms with Gasteiger partial charge in [0, 0.05) is 26.7 Å². The van der Waals surface area contributed by atoms with Crippen molar-refractivity contribution in [3.05, 3.63) is 0 Å². The summed E-state index contributed by atoms with van der Waals surface area (Å²) in [5.41, 5.74) is 5.49. The number of carbonyl (C=O) groups is 1. The number of nitrogens with two attached hydrogens (primary N) is 1. The smallest absolute Gasteiger partial charge is 0.229 e. The summed E-state index contributed by atoms with van der Waals surface area (Å²) >= 11 is 4.84. The zero-order chi connectivity index (χ0) is 13.3. The molecular weight excluding hydrogens is 238 g/mol. The van der Waals surface area contributed by atoms with Crippen LogP contribution in [0.5, 0.6) is 0 Å². The third-order valence-electron chi connectivity index (χ3n) is 2.54. The van der Waals surface area contributed by atoms with Gasteiger partial charge in [-0.15, -0.1) is 0 Å². The number of likely N-dealkylation sites (N-methyl/N-ethyl adjacent to an activating group) is 1. The molecule has 1 unspecified atom stereocenters. The Balaban J connectivity index is 3.80. The van der Waals surface area contributed by atoms with E-state index >= 15 is 0 Å². The van der Waals surface area contributed by atoms with Crippen LogP contribution in [0.15, 0.2) is 0 Å². The summed E-state index contributed by atoms with van der Waals surface area (Å²) in [7, 11) is 3.65. The number of rotatable bonds is 9. The first kappa shape index (κ1) is 16.3. The van der Waals surface area contributed by atoms with E-state index in [0.717, 1.165) is 13.1 Å². The van der Waals surface area contributed by atoms with Crippen molar-refractivity contribution in [3.63, 3.8) is 0 Å². The van der Waals surface area contributed by atoms with Gasteiger partial charge in [0.15, 0.2) is 0 Å². The van der Waals surface area contributed by atoms with Gasteiger partial charge in [0.2, 0.25) is 5.91 Å². The van der Waals surface area contributed by atoms with E-state index in [4.69, 9.17) is 22.7 Å². The number of amides is 1. The minimum atomic E-state index is -0.353. The largest absolute Gasteiger partial charge is 0.393 e. The topological polar surface area (TPSA) is 67.6 Å². The van der Waals surface area contributed by atoms with Crippen LogP contribution in [0.4, 0.5) is 0 Å². The number of ether oxygens (including phenoxy) is 1. The molecule has 100 valence electrons. The Labute approximate surface area is 109 Å². The summed E-state index contributed by atoms with van der Waals surface area (Å²) in [6.45, 7) is 4.81. The number of hydrogen-bond donors (Lipinski definition) is 2. The molecule has 1 atom stereocenters. The molecule has 1 amide bonds. The van der Waals surface area contributed by atoms with E-state index in [1.807, 2.05) is 14.0 Å². The SMILES string of the molecule is CCC(C(=O)NCCN(C)CCOC)C(N)=S. The molecule has 0 aromatic heterocycles. The van der Waals surface area contributed by atoms with Gasteiger partial charge in [-0.25, -0.2) is 0 Å². The Kier molecular flexibility index (Phi) is 8.93. The second-order valence-corrected chi connectivity index (χ2v) is 4.42. The molecule has 0 rings (SSSR count). The van der Waals surface area contributed by atoms with Crippen molar-refractivity contribution in [1.29, 1.82) is 0 Å². The van der Waals surface area contributed by atoms with Gasteiger partial charge in [0.1, 0.15) is 0 Å². The van der Waals surface area contributed by atoms with Gasteiger partial charge in [0.05, 0.1) is 17.5 Å². The molecular formula is C11H23N3O2S. The molecule has 0 spiro atoms. The van der Waals surface area contributed by atoms with Gasteiger partial charge in [0.25, 0.3) is 0 Å². The van der Waals surface area contributed by atoms with E-state index in [-0.39, 0.29) is 16.8 Å². The van der Waals surface area contributed by atoms with Crippen molar-refractivity contribution >= 4 is 23.1 Å². The average Bonchev–Trinajstić information content (AvgIpc) is 2.26. The third kappa shape index (κ3) is 7.25. The van der Waals surface area contributed by atoms with Crippen molar-refractivity contribution in [2.24, 2.45) is 11.7 Å². The first-order chi connectivity index (χ1) is 8.02. The molecule has 0 aliphatic heterocycles. The summed E-state index contributed by atoms with van der Waals surface area (Å²) in [4.78, 5) is 14.0. The number of nitrogens with one attached hydrogen (secondary N) is 1. The van der Waals surface area contributed by atoms with Gasteiger partial charge >= 0.3 is 0 Å². The lowest BCUT2D eigenvalue weighted by Crippen LogP contribution is -2.41. The summed E-state index contributed by atoms with van der Waals surface area (Å²) < 4.78 is 4.96. The standard InChI is InChI=1S/C11H23N3O2S/c1-4-9(10(12)17)11(15)13-5-6-14(2)7-8-16-3/h9H,4-8H2,1-3H3,(H2,12,17)(H,13,15).